The molecule has 33 heavy (non-hydrogen) atoms. The number of hydrogen-bond acceptors (Lipinski definition) is 6. The molecule has 3 aromatic heterocycles. The topological polar surface area (TPSA) is 86.8 Å². The Hall–Kier alpha value is -3.01. The highest BCUT2D eigenvalue weighted by Crippen LogP contribution is 2.22. The van der Waals surface area contributed by atoms with E-state index in [-0.39, 0.29) is 36.5 Å². The molecular formula is C22H23Cl2FN6OS. The number of nitrogens with zero attached hydrogens (tertiary/aromatic N) is 4. The van der Waals surface area contributed by atoms with E-state index in [9.17, 15) is 9.18 Å². The summed E-state index contributed by atoms with van der Waals surface area (Å²) in [6.45, 7) is 1.91. The molecule has 0 unspecified atom stereocenters. The first-order valence-electron chi connectivity index (χ1n) is 9.64. The van der Waals surface area contributed by atoms with Crippen LogP contribution in [0.4, 0.5) is 16.0 Å². The van der Waals surface area contributed by atoms with Crippen molar-refractivity contribution in [2.75, 3.05) is 17.3 Å². The van der Waals surface area contributed by atoms with Crippen molar-refractivity contribution in [3.8, 4) is 11.3 Å². The average Bonchev–Trinajstić information content (AvgIpc) is 3.45. The van der Waals surface area contributed by atoms with Gasteiger partial charge in [0.1, 0.15) is 17.7 Å². The molecule has 0 spiro atoms. The first-order chi connectivity index (χ1) is 15.0. The number of thiazole rings is 1. The Morgan fingerprint density at radius 2 is 1.94 bits per heavy atom. The number of amides is 1. The summed E-state index contributed by atoms with van der Waals surface area (Å²) in [5.41, 5.74) is 5.17. The molecule has 0 saturated heterocycles. The normalized spacial score (nSPS) is 11.1. The maximum absolute atomic E-state index is 13.3. The van der Waals surface area contributed by atoms with Gasteiger partial charge in [0.05, 0.1) is 11.2 Å². The number of hydrogen-bond donors (Lipinski definition) is 2. The number of likely N-dealkylation sites (N-methyl/N-ethyl adjacent to an activating group) is 1. The van der Waals surface area contributed by atoms with Crippen molar-refractivity contribution in [1.82, 2.24) is 20.2 Å². The summed E-state index contributed by atoms with van der Waals surface area (Å²) in [6.07, 6.45) is 2.12. The molecular weight excluding hydrogens is 486 g/mol. The molecule has 11 heteroatoms. The Morgan fingerprint density at radius 1 is 1.18 bits per heavy atom. The average molecular weight is 509 g/mol. The fourth-order valence-corrected chi connectivity index (χ4v) is 3.82. The molecule has 4 rings (SSSR count). The van der Waals surface area contributed by atoms with E-state index in [1.807, 2.05) is 36.4 Å². The second-order valence-corrected chi connectivity index (χ2v) is 7.86. The lowest BCUT2D eigenvalue weighted by atomic mass is 10.0. The molecule has 7 nitrogen and oxygen atoms in total. The largest absolute Gasteiger partial charge is 0.347 e. The zero-order valence-electron chi connectivity index (χ0n) is 17.9. The van der Waals surface area contributed by atoms with Gasteiger partial charge in [-0.05, 0) is 36.8 Å². The number of nitrogens with one attached hydrogen (secondary N) is 2. The molecule has 0 aliphatic rings. The summed E-state index contributed by atoms with van der Waals surface area (Å²) >= 11 is 1.45. The van der Waals surface area contributed by atoms with Gasteiger partial charge in [0.25, 0.3) is 0 Å². The second kappa shape index (κ2) is 11.7. The van der Waals surface area contributed by atoms with Crippen LogP contribution >= 0.6 is 36.2 Å². The Labute approximate surface area is 207 Å². The van der Waals surface area contributed by atoms with Gasteiger partial charge in [0, 0.05) is 42.4 Å². The zero-order chi connectivity index (χ0) is 21.8. The molecule has 0 bridgehead atoms. The van der Waals surface area contributed by atoms with Crippen molar-refractivity contribution >= 4 is 53.7 Å². The third-order valence-corrected chi connectivity index (χ3v) is 5.50. The molecule has 174 valence electrons. The van der Waals surface area contributed by atoms with E-state index >= 15 is 0 Å². The molecule has 0 aliphatic carbocycles. The fourth-order valence-electron chi connectivity index (χ4n) is 3.25. The van der Waals surface area contributed by atoms with Crippen LogP contribution in [0.15, 0.2) is 59.6 Å². The first kappa shape index (κ1) is 26.2. The number of anilines is 2. The van der Waals surface area contributed by atoms with Crippen molar-refractivity contribution in [1.29, 1.82) is 0 Å². The molecule has 4 aromatic rings. The maximum atomic E-state index is 13.3. The minimum Gasteiger partial charge on any atom is -0.347 e. The summed E-state index contributed by atoms with van der Waals surface area (Å²) in [7, 11) is 1.82. The SMILES string of the molecule is Cc1cc(-c2cc(NC(=O)[C@H](Cc3ccc(F)cc3)N(C)c3cscn3)n[nH]2)ccn1.Cl.Cl. The van der Waals surface area contributed by atoms with Crippen LogP contribution in [0.3, 0.4) is 0 Å². The monoisotopic (exact) mass is 508 g/mol. The van der Waals surface area contributed by atoms with Gasteiger partial charge < -0.3 is 10.2 Å². The number of halogens is 3. The zero-order valence-corrected chi connectivity index (χ0v) is 20.3. The molecule has 1 aromatic carbocycles. The molecule has 1 amide bonds. The highest BCUT2D eigenvalue weighted by molar-refractivity contribution is 7.07. The number of rotatable bonds is 7. The third kappa shape index (κ3) is 6.50. The number of H-pyrrole nitrogens is 1. The molecule has 0 saturated carbocycles. The lowest BCUT2D eigenvalue weighted by Crippen LogP contribution is -2.44. The minimum atomic E-state index is -0.559. The molecule has 0 radical (unpaired) electrons. The molecule has 0 aliphatic heterocycles. The van der Waals surface area contributed by atoms with Crippen LogP contribution < -0.4 is 10.2 Å². The molecule has 2 N–H and O–H groups in total. The number of carbonyl (C=O) groups is 1. The van der Waals surface area contributed by atoms with Crippen LogP contribution in [-0.4, -0.2) is 39.2 Å². The predicted octanol–water partition coefficient (Wildman–Crippen LogP) is 4.91. The first-order valence-corrected chi connectivity index (χ1v) is 10.6. The minimum absolute atomic E-state index is 0. The Balaban J connectivity index is 0.00000193. The van der Waals surface area contributed by atoms with Gasteiger partial charge >= 0.3 is 0 Å². The van der Waals surface area contributed by atoms with Crippen LogP contribution in [0.5, 0.6) is 0 Å². The number of aromatic nitrogens is 4. The van der Waals surface area contributed by atoms with Gasteiger partial charge in [-0.25, -0.2) is 9.37 Å². The summed E-state index contributed by atoms with van der Waals surface area (Å²) in [5.74, 6) is 0.573. The highest BCUT2D eigenvalue weighted by atomic mass is 35.5. The van der Waals surface area contributed by atoms with Crippen LogP contribution in [0.2, 0.25) is 0 Å². The van der Waals surface area contributed by atoms with E-state index in [0.717, 1.165) is 22.5 Å². The summed E-state index contributed by atoms with van der Waals surface area (Å²) < 4.78 is 13.3. The number of aromatic amines is 1. The van der Waals surface area contributed by atoms with E-state index in [2.05, 4.69) is 25.5 Å². The van der Waals surface area contributed by atoms with Crippen LogP contribution in [0, 0.1) is 12.7 Å². The van der Waals surface area contributed by atoms with Crippen molar-refractivity contribution in [2.45, 2.75) is 19.4 Å². The lowest BCUT2D eigenvalue weighted by molar-refractivity contribution is -0.117. The predicted molar refractivity (Wildman–Crippen MR) is 134 cm³/mol. The van der Waals surface area contributed by atoms with Crippen molar-refractivity contribution < 1.29 is 9.18 Å². The van der Waals surface area contributed by atoms with Gasteiger partial charge in [-0.3, -0.25) is 14.9 Å². The van der Waals surface area contributed by atoms with Gasteiger partial charge in [-0.1, -0.05) is 12.1 Å². The number of pyridine rings is 1. The van der Waals surface area contributed by atoms with Crippen molar-refractivity contribution in [3.63, 3.8) is 0 Å². The highest BCUT2D eigenvalue weighted by Gasteiger charge is 2.26. The number of aryl methyl sites for hydroxylation is 1. The van der Waals surface area contributed by atoms with Gasteiger partial charge in [0.2, 0.25) is 5.91 Å². The van der Waals surface area contributed by atoms with Crippen molar-refractivity contribution in [2.24, 2.45) is 0 Å². The molecule has 0 fully saturated rings. The van der Waals surface area contributed by atoms with Gasteiger partial charge in [-0.2, -0.15) is 5.10 Å². The van der Waals surface area contributed by atoms with Crippen LogP contribution in [-0.2, 0) is 11.2 Å². The van der Waals surface area contributed by atoms with E-state index in [0.29, 0.717) is 18.1 Å². The van der Waals surface area contributed by atoms with Gasteiger partial charge in [-0.15, -0.1) is 36.2 Å². The lowest BCUT2D eigenvalue weighted by Gasteiger charge is -2.27. The standard InChI is InChI=1S/C22H21FN6OS.2ClH/c1-14-9-16(7-8-24-14)18-11-20(28-27-18)26-22(30)19(29(2)21-12-31-13-25-21)10-15-3-5-17(23)6-4-15;;/h3-9,11-13,19H,10H2,1-2H3,(H2,26,27,28,30);2*1H/t19-;;/m0../s1. The van der Waals surface area contributed by atoms with E-state index < -0.39 is 6.04 Å². The summed E-state index contributed by atoms with van der Waals surface area (Å²) in [4.78, 5) is 23.5. The van der Waals surface area contributed by atoms with E-state index in [1.165, 1.54) is 23.5 Å². The molecule has 1 atom stereocenters. The second-order valence-electron chi connectivity index (χ2n) is 7.15. The molecule has 3 heterocycles. The Kier molecular flexibility index (Phi) is 9.33. The maximum Gasteiger partial charge on any atom is 0.248 e. The van der Waals surface area contributed by atoms with E-state index in [4.69, 9.17) is 0 Å². The smallest absolute Gasteiger partial charge is 0.248 e. The third-order valence-electron chi connectivity index (χ3n) is 4.93. The summed E-state index contributed by atoms with van der Waals surface area (Å²) in [6, 6.07) is 11.2. The Bertz CT molecular complexity index is 1170. The van der Waals surface area contributed by atoms with Crippen LogP contribution in [0.1, 0.15) is 11.3 Å². The fraction of sp³-hybridized carbons (Fsp3) is 0.182. The summed E-state index contributed by atoms with van der Waals surface area (Å²) in [5, 5.41) is 11.9. The van der Waals surface area contributed by atoms with Gasteiger partial charge in [0.15, 0.2) is 5.82 Å². The van der Waals surface area contributed by atoms with Crippen molar-refractivity contribution in [3.05, 3.63) is 76.6 Å². The van der Waals surface area contributed by atoms with E-state index in [1.54, 1.807) is 29.9 Å². The number of benzene rings is 1. The van der Waals surface area contributed by atoms with Crippen LogP contribution in [0.25, 0.3) is 11.3 Å². The number of carbonyl (C=O) groups excluding carboxylic acids is 1. The Morgan fingerprint density at radius 3 is 2.61 bits per heavy atom. The quantitative estimate of drug-likeness (QED) is 0.370.